The van der Waals surface area contributed by atoms with Crippen LogP contribution in [0.2, 0.25) is 0 Å². The van der Waals surface area contributed by atoms with Crippen molar-refractivity contribution in [2.45, 2.75) is 26.4 Å². The van der Waals surface area contributed by atoms with Gasteiger partial charge in [0.2, 0.25) is 0 Å². The van der Waals surface area contributed by atoms with E-state index in [1.54, 1.807) is 0 Å². The van der Waals surface area contributed by atoms with Crippen molar-refractivity contribution in [1.29, 1.82) is 0 Å². The summed E-state index contributed by atoms with van der Waals surface area (Å²) < 4.78 is 5.74. The molecule has 0 bridgehead atoms. The molecule has 0 aromatic rings. The Morgan fingerprint density at radius 1 is 1.25 bits per heavy atom. The molecule has 1 unspecified atom stereocenters. The number of ether oxygens (including phenoxy) is 1. The van der Waals surface area contributed by atoms with E-state index < -0.39 is 0 Å². The lowest BCUT2D eigenvalue weighted by Crippen LogP contribution is -2.48. The van der Waals surface area contributed by atoms with Crippen LogP contribution in [0.25, 0.3) is 0 Å². The molecule has 96 valence electrons. The van der Waals surface area contributed by atoms with Crippen LogP contribution in [-0.4, -0.2) is 63.4 Å². The Kier molecular flexibility index (Phi) is 7.76. The third kappa shape index (κ3) is 5.80. The van der Waals surface area contributed by atoms with Gasteiger partial charge in [-0.05, 0) is 19.5 Å². The minimum absolute atomic E-state index is 0.377. The lowest BCUT2D eigenvalue weighted by molar-refractivity contribution is -0.0263. The normalized spacial score (nSPS) is 22.5. The summed E-state index contributed by atoms with van der Waals surface area (Å²) in [4.78, 5) is 2.49. The monoisotopic (exact) mass is 229 g/mol. The van der Waals surface area contributed by atoms with E-state index in [4.69, 9.17) is 4.74 Å². The third-order valence-electron chi connectivity index (χ3n) is 2.88. The first-order valence-electron chi connectivity index (χ1n) is 6.62. The van der Waals surface area contributed by atoms with E-state index in [1.165, 1.54) is 6.42 Å². The van der Waals surface area contributed by atoms with Crippen molar-refractivity contribution in [3.63, 3.8) is 0 Å². The zero-order valence-electron chi connectivity index (χ0n) is 10.8. The predicted octanol–water partition coefficient (Wildman–Crippen LogP) is 0.296. The second-order valence-electron chi connectivity index (χ2n) is 4.35. The maximum atomic E-state index is 5.74. The van der Waals surface area contributed by atoms with Gasteiger partial charge in [-0.3, -0.25) is 4.90 Å². The van der Waals surface area contributed by atoms with Crippen LogP contribution in [0.3, 0.4) is 0 Å². The van der Waals surface area contributed by atoms with E-state index >= 15 is 0 Å². The third-order valence-corrected chi connectivity index (χ3v) is 2.88. The molecule has 0 amide bonds. The maximum absolute atomic E-state index is 5.74. The van der Waals surface area contributed by atoms with Crippen molar-refractivity contribution in [1.82, 2.24) is 15.5 Å². The van der Waals surface area contributed by atoms with E-state index in [9.17, 15) is 0 Å². The summed E-state index contributed by atoms with van der Waals surface area (Å²) >= 11 is 0. The molecular formula is C12H27N3O. The van der Waals surface area contributed by atoms with Crippen molar-refractivity contribution >= 4 is 0 Å². The van der Waals surface area contributed by atoms with Gasteiger partial charge in [-0.1, -0.05) is 13.8 Å². The molecule has 0 radical (unpaired) electrons. The van der Waals surface area contributed by atoms with Gasteiger partial charge in [0.25, 0.3) is 0 Å². The summed E-state index contributed by atoms with van der Waals surface area (Å²) in [6, 6.07) is 0. The highest BCUT2D eigenvalue weighted by atomic mass is 16.5. The summed E-state index contributed by atoms with van der Waals surface area (Å²) in [7, 11) is 0. The summed E-state index contributed by atoms with van der Waals surface area (Å²) in [5, 5.41) is 6.79. The zero-order chi connectivity index (χ0) is 11.6. The number of rotatable bonds is 8. The number of likely N-dealkylation sites (N-methyl/N-ethyl adjacent to an activating group) is 1. The number of morpholine rings is 1. The molecule has 0 spiro atoms. The lowest BCUT2D eigenvalue weighted by atomic mass is 10.2. The fraction of sp³-hybridized carbons (Fsp3) is 1.00. The molecule has 1 atom stereocenters. The van der Waals surface area contributed by atoms with Crippen LogP contribution in [0.5, 0.6) is 0 Å². The summed E-state index contributed by atoms with van der Waals surface area (Å²) in [6.07, 6.45) is 1.57. The van der Waals surface area contributed by atoms with E-state index in [2.05, 4.69) is 29.4 Å². The molecule has 0 saturated carbocycles. The van der Waals surface area contributed by atoms with Gasteiger partial charge in [0, 0.05) is 32.7 Å². The maximum Gasteiger partial charge on any atom is 0.0826 e. The van der Waals surface area contributed by atoms with Crippen LogP contribution in [0, 0.1) is 0 Å². The highest BCUT2D eigenvalue weighted by Gasteiger charge is 2.19. The summed E-state index contributed by atoms with van der Waals surface area (Å²) in [6.45, 7) is 12.7. The molecule has 0 aliphatic carbocycles. The van der Waals surface area contributed by atoms with E-state index in [0.29, 0.717) is 6.10 Å². The summed E-state index contributed by atoms with van der Waals surface area (Å²) in [5.41, 5.74) is 0. The number of hydrogen-bond acceptors (Lipinski definition) is 4. The average Bonchev–Trinajstić information content (AvgIpc) is 2.30. The molecule has 4 nitrogen and oxygen atoms in total. The number of nitrogens with one attached hydrogen (secondary N) is 2. The molecule has 1 aliphatic rings. The van der Waals surface area contributed by atoms with Gasteiger partial charge in [0.1, 0.15) is 0 Å². The first-order chi connectivity index (χ1) is 7.86. The second kappa shape index (κ2) is 8.93. The minimum atomic E-state index is 0.377. The van der Waals surface area contributed by atoms with Gasteiger partial charge in [-0.2, -0.15) is 0 Å². The van der Waals surface area contributed by atoms with Crippen molar-refractivity contribution in [2.75, 3.05) is 52.4 Å². The van der Waals surface area contributed by atoms with E-state index in [1.807, 2.05) is 0 Å². The van der Waals surface area contributed by atoms with Crippen molar-refractivity contribution in [3.8, 4) is 0 Å². The average molecular weight is 229 g/mol. The smallest absolute Gasteiger partial charge is 0.0826 e. The molecule has 0 aromatic carbocycles. The number of hydrogen-bond donors (Lipinski definition) is 2. The standard InChI is InChI=1S/C12H27N3O/c1-3-5-14-10-12-11-15(8-9-16-12)7-6-13-4-2/h12-14H,3-11H2,1-2H3. The molecule has 2 N–H and O–H groups in total. The molecular weight excluding hydrogens is 202 g/mol. The van der Waals surface area contributed by atoms with E-state index in [0.717, 1.165) is 52.4 Å². The molecule has 16 heavy (non-hydrogen) atoms. The highest BCUT2D eigenvalue weighted by Crippen LogP contribution is 2.03. The Bertz CT molecular complexity index is 150. The fourth-order valence-electron chi connectivity index (χ4n) is 1.96. The Balaban J connectivity index is 2.09. The molecule has 1 fully saturated rings. The van der Waals surface area contributed by atoms with E-state index in [-0.39, 0.29) is 0 Å². The summed E-state index contributed by atoms with van der Waals surface area (Å²) in [5.74, 6) is 0. The Morgan fingerprint density at radius 2 is 2.12 bits per heavy atom. The Morgan fingerprint density at radius 3 is 2.88 bits per heavy atom. The van der Waals surface area contributed by atoms with Crippen LogP contribution in [0.1, 0.15) is 20.3 Å². The lowest BCUT2D eigenvalue weighted by Gasteiger charge is -2.33. The Hall–Kier alpha value is -0.160. The fourth-order valence-corrected chi connectivity index (χ4v) is 1.96. The largest absolute Gasteiger partial charge is 0.374 e. The van der Waals surface area contributed by atoms with Crippen molar-refractivity contribution in [3.05, 3.63) is 0 Å². The van der Waals surface area contributed by atoms with Crippen LogP contribution >= 0.6 is 0 Å². The topological polar surface area (TPSA) is 36.5 Å². The highest BCUT2D eigenvalue weighted by molar-refractivity contribution is 4.73. The van der Waals surface area contributed by atoms with Crippen LogP contribution in [0.4, 0.5) is 0 Å². The van der Waals surface area contributed by atoms with Crippen molar-refractivity contribution in [2.24, 2.45) is 0 Å². The minimum Gasteiger partial charge on any atom is -0.374 e. The molecule has 1 aliphatic heterocycles. The van der Waals surface area contributed by atoms with Gasteiger partial charge in [0.05, 0.1) is 12.7 Å². The number of nitrogens with zero attached hydrogens (tertiary/aromatic N) is 1. The SMILES string of the molecule is CCCNCC1CN(CCNCC)CCO1. The first-order valence-corrected chi connectivity index (χ1v) is 6.62. The molecule has 1 saturated heterocycles. The van der Waals surface area contributed by atoms with Gasteiger partial charge >= 0.3 is 0 Å². The second-order valence-corrected chi connectivity index (χ2v) is 4.35. The van der Waals surface area contributed by atoms with Gasteiger partial charge in [0.15, 0.2) is 0 Å². The molecule has 0 aromatic heterocycles. The molecule has 1 heterocycles. The van der Waals surface area contributed by atoms with Crippen LogP contribution in [0.15, 0.2) is 0 Å². The van der Waals surface area contributed by atoms with Crippen LogP contribution in [-0.2, 0) is 4.74 Å². The van der Waals surface area contributed by atoms with Gasteiger partial charge in [-0.25, -0.2) is 0 Å². The molecule has 1 rings (SSSR count). The van der Waals surface area contributed by atoms with Crippen molar-refractivity contribution < 1.29 is 4.74 Å². The quantitative estimate of drug-likeness (QED) is 0.587. The van der Waals surface area contributed by atoms with Gasteiger partial charge < -0.3 is 15.4 Å². The first kappa shape index (κ1) is 13.9. The van der Waals surface area contributed by atoms with Crippen LogP contribution < -0.4 is 10.6 Å². The zero-order valence-corrected chi connectivity index (χ0v) is 10.8. The Labute approximate surface area is 99.7 Å². The molecule has 4 heteroatoms. The predicted molar refractivity (Wildman–Crippen MR) is 67.9 cm³/mol. The van der Waals surface area contributed by atoms with Gasteiger partial charge in [-0.15, -0.1) is 0 Å².